The maximum Gasteiger partial charge on any atom is 0.310 e. The minimum absolute atomic E-state index is 0.494. The summed E-state index contributed by atoms with van der Waals surface area (Å²) in [5, 5.41) is 8.05. The summed E-state index contributed by atoms with van der Waals surface area (Å²) in [6.45, 7) is 0. The van der Waals surface area contributed by atoms with Crippen molar-refractivity contribution in [2.45, 2.75) is 0 Å². The first-order valence-corrected chi connectivity index (χ1v) is 4.51. The van der Waals surface area contributed by atoms with E-state index >= 15 is 0 Å². The van der Waals surface area contributed by atoms with Gasteiger partial charge in [0.15, 0.2) is 5.02 Å². The molecule has 0 aromatic heterocycles. The van der Waals surface area contributed by atoms with Crippen LogP contribution in [-0.2, 0) is 0 Å². The van der Waals surface area contributed by atoms with Gasteiger partial charge in [-0.2, -0.15) is 0 Å². The zero-order valence-corrected chi connectivity index (χ0v) is 9.03. The molecule has 8 heteroatoms. The molecule has 0 saturated carbocycles. The van der Waals surface area contributed by atoms with Crippen LogP contribution in [0, 0.1) is 15.9 Å². The second-order valence-corrected chi connectivity index (χ2v) is 3.51. The third kappa shape index (κ3) is 2.19. The molecule has 80 valence electrons. The van der Waals surface area contributed by atoms with Crippen molar-refractivity contribution in [2.24, 2.45) is 0 Å². The smallest absolute Gasteiger partial charge is 0.276 e. The number of benzene rings is 1. The van der Waals surface area contributed by atoms with Gasteiger partial charge in [-0.15, -0.1) is 0 Å². The first-order chi connectivity index (χ1) is 6.86. The van der Waals surface area contributed by atoms with Crippen LogP contribution in [0.15, 0.2) is 6.07 Å². The van der Waals surface area contributed by atoms with Gasteiger partial charge in [-0.1, -0.05) is 23.2 Å². The molecule has 0 aliphatic rings. The molecular formula is C7HCl3FNO3. The van der Waals surface area contributed by atoms with Crippen LogP contribution in [-0.4, -0.2) is 10.2 Å². The summed E-state index contributed by atoms with van der Waals surface area (Å²) in [5.41, 5.74) is -1.37. The minimum Gasteiger partial charge on any atom is -0.276 e. The molecule has 0 N–H and O–H groups in total. The highest BCUT2D eigenvalue weighted by Gasteiger charge is 2.27. The molecule has 4 nitrogen and oxygen atoms in total. The van der Waals surface area contributed by atoms with Gasteiger partial charge in [0.05, 0.1) is 10.5 Å². The third-order valence-electron chi connectivity index (χ3n) is 1.53. The van der Waals surface area contributed by atoms with Crippen LogP contribution in [0.25, 0.3) is 0 Å². The molecule has 0 unspecified atom stereocenters. The molecule has 0 radical (unpaired) electrons. The van der Waals surface area contributed by atoms with Crippen molar-refractivity contribution in [1.82, 2.24) is 0 Å². The highest BCUT2D eigenvalue weighted by molar-refractivity contribution is 6.69. The average molecular weight is 272 g/mol. The van der Waals surface area contributed by atoms with Crippen molar-refractivity contribution < 1.29 is 14.1 Å². The van der Waals surface area contributed by atoms with E-state index in [1.54, 1.807) is 0 Å². The van der Waals surface area contributed by atoms with Gasteiger partial charge in [0.1, 0.15) is 10.8 Å². The summed E-state index contributed by atoms with van der Waals surface area (Å²) in [5.74, 6) is -1.13. The van der Waals surface area contributed by atoms with Crippen molar-refractivity contribution in [1.29, 1.82) is 0 Å². The van der Waals surface area contributed by atoms with E-state index in [1.165, 1.54) is 0 Å². The summed E-state index contributed by atoms with van der Waals surface area (Å²) in [6, 6.07) is 0.646. The van der Waals surface area contributed by atoms with Crippen molar-refractivity contribution in [3.63, 3.8) is 0 Å². The molecule has 1 rings (SSSR count). The molecule has 1 aromatic carbocycles. The third-order valence-corrected chi connectivity index (χ3v) is 2.47. The van der Waals surface area contributed by atoms with Crippen LogP contribution in [0.2, 0.25) is 10.0 Å². The monoisotopic (exact) mass is 271 g/mol. The zero-order valence-electron chi connectivity index (χ0n) is 6.76. The van der Waals surface area contributed by atoms with E-state index in [0.717, 1.165) is 0 Å². The van der Waals surface area contributed by atoms with Gasteiger partial charge >= 0.3 is 5.69 Å². The Labute approximate surface area is 97.7 Å². The molecule has 1 aromatic rings. The molecule has 0 aliphatic heterocycles. The highest BCUT2D eigenvalue weighted by atomic mass is 35.5. The molecule has 0 atom stereocenters. The van der Waals surface area contributed by atoms with Gasteiger partial charge in [0.25, 0.3) is 5.24 Å². The first kappa shape index (κ1) is 12.2. The molecule has 0 aliphatic carbocycles. The molecule has 0 spiro atoms. The van der Waals surface area contributed by atoms with E-state index in [0.29, 0.717) is 6.07 Å². The Bertz CT molecular complexity index is 463. The number of nitrogens with zero attached hydrogens (tertiary/aromatic N) is 1. The number of hydrogen-bond acceptors (Lipinski definition) is 3. The summed E-state index contributed by atoms with van der Waals surface area (Å²) in [7, 11) is 0. The summed E-state index contributed by atoms with van der Waals surface area (Å²) >= 11 is 15.8. The zero-order chi connectivity index (χ0) is 11.7. The maximum atomic E-state index is 13.0. The van der Waals surface area contributed by atoms with Crippen LogP contribution in [0.5, 0.6) is 0 Å². The second-order valence-electron chi connectivity index (χ2n) is 2.41. The Kier molecular flexibility index (Phi) is 3.49. The lowest BCUT2D eigenvalue weighted by molar-refractivity contribution is -0.384. The van der Waals surface area contributed by atoms with Crippen LogP contribution in [0.3, 0.4) is 0 Å². The van der Waals surface area contributed by atoms with Crippen LogP contribution in [0.1, 0.15) is 10.4 Å². The maximum absolute atomic E-state index is 13.0. The lowest BCUT2D eigenvalue weighted by atomic mass is 10.2. The minimum atomic E-state index is -1.13. The Hall–Kier alpha value is -0.910. The number of halogens is 4. The van der Waals surface area contributed by atoms with E-state index in [4.69, 9.17) is 34.8 Å². The van der Waals surface area contributed by atoms with Gasteiger partial charge in [-0.05, 0) is 17.7 Å². The van der Waals surface area contributed by atoms with E-state index in [2.05, 4.69) is 0 Å². The van der Waals surface area contributed by atoms with E-state index < -0.39 is 37.3 Å². The van der Waals surface area contributed by atoms with Gasteiger partial charge < -0.3 is 0 Å². The lowest BCUT2D eigenvalue weighted by Crippen LogP contribution is -1.99. The number of carbonyl (C=O) groups is 1. The number of hydrogen-bond donors (Lipinski definition) is 0. The fourth-order valence-corrected chi connectivity index (χ4v) is 1.66. The largest absolute Gasteiger partial charge is 0.310 e. The summed E-state index contributed by atoms with van der Waals surface area (Å²) in [4.78, 5) is 20.2. The predicted molar refractivity (Wildman–Crippen MR) is 53.3 cm³/mol. The molecule has 0 amide bonds. The number of carbonyl (C=O) groups excluding carboxylic acids is 1. The Balaban J connectivity index is 3.63. The lowest BCUT2D eigenvalue weighted by Gasteiger charge is -2.02. The summed E-state index contributed by atoms with van der Waals surface area (Å²) < 4.78 is 13.0. The van der Waals surface area contributed by atoms with E-state index in [-0.39, 0.29) is 0 Å². The van der Waals surface area contributed by atoms with Crippen molar-refractivity contribution in [3.05, 3.63) is 37.6 Å². The molecular weight excluding hydrogens is 271 g/mol. The SMILES string of the molecule is O=C(Cl)c1cc(F)c(Cl)c([N+](=O)[O-])c1Cl. The standard InChI is InChI=1S/C7HCl3FNO3/c8-4-2(7(10)13)1-3(11)5(9)6(4)12(14)15/h1H. The van der Waals surface area contributed by atoms with Crippen LogP contribution < -0.4 is 0 Å². The fourth-order valence-electron chi connectivity index (χ4n) is 0.894. The van der Waals surface area contributed by atoms with Crippen molar-refractivity contribution in [2.75, 3.05) is 0 Å². The predicted octanol–water partition coefficient (Wildman–Crippen LogP) is 3.42. The van der Waals surface area contributed by atoms with Crippen molar-refractivity contribution in [3.8, 4) is 0 Å². The molecule has 0 saturated heterocycles. The number of nitro benzene ring substituents is 1. The van der Waals surface area contributed by atoms with Crippen LogP contribution >= 0.6 is 34.8 Å². The van der Waals surface area contributed by atoms with Gasteiger partial charge in [0, 0.05) is 0 Å². The van der Waals surface area contributed by atoms with Crippen LogP contribution in [0.4, 0.5) is 10.1 Å². The Morgan fingerprint density at radius 1 is 1.40 bits per heavy atom. The van der Waals surface area contributed by atoms with Gasteiger partial charge in [-0.3, -0.25) is 14.9 Å². The highest BCUT2D eigenvalue weighted by Crippen LogP contribution is 2.37. The normalized spacial score (nSPS) is 10.1. The molecule has 0 fully saturated rings. The van der Waals surface area contributed by atoms with E-state index in [1.807, 2.05) is 0 Å². The fraction of sp³-hybridized carbons (Fsp3) is 0. The van der Waals surface area contributed by atoms with Gasteiger partial charge in [-0.25, -0.2) is 4.39 Å². The van der Waals surface area contributed by atoms with Crippen molar-refractivity contribution >= 4 is 45.7 Å². The Morgan fingerprint density at radius 3 is 2.33 bits per heavy atom. The topological polar surface area (TPSA) is 60.2 Å². The van der Waals surface area contributed by atoms with Gasteiger partial charge in [0.2, 0.25) is 0 Å². The molecule has 0 bridgehead atoms. The average Bonchev–Trinajstić information content (AvgIpc) is 2.10. The Morgan fingerprint density at radius 2 is 1.93 bits per heavy atom. The number of rotatable bonds is 2. The van der Waals surface area contributed by atoms with E-state index in [9.17, 15) is 19.3 Å². The quantitative estimate of drug-likeness (QED) is 0.359. The molecule has 0 heterocycles. The first-order valence-electron chi connectivity index (χ1n) is 3.38. The second kappa shape index (κ2) is 4.30. The number of nitro groups is 1. The summed E-state index contributed by atoms with van der Waals surface area (Å²) in [6.07, 6.45) is 0. The molecule has 15 heavy (non-hydrogen) atoms.